The number of carbonyl (C=O) groups excluding carboxylic acids is 1. The van der Waals surface area contributed by atoms with E-state index < -0.39 is 11.8 Å². The lowest BCUT2D eigenvalue weighted by atomic mass is 10.0. The summed E-state index contributed by atoms with van der Waals surface area (Å²) in [4.78, 5) is 25.2. The fraction of sp³-hybridized carbons (Fsp3) is 0.333. The number of benzene rings is 1. The lowest BCUT2D eigenvalue weighted by molar-refractivity contribution is -0.125. The first kappa shape index (κ1) is 13.3. The minimum Gasteiger partial charge on any atom is -0.408 e. The third-order valence-electron chi connectivity index (χ3n) is 2.62. The molecule has 2 aromatic rings. The average Bonchev–Trinajstić information content (AvgIpc) is 2.66. The van der Waals surface area contributed by atoms with Gasteiger partial charge in [-0.2, -0.15) is 0 Å². The Kier molecular flexibility index (Phi) is 3.68. The second-order valence-electron chi connectivity index (χ2n) is 4.51. The van der Waals surface area contributed by atoms with Gasteiger partial charge in [0.25, 0.3) is 0 Å². The molecule has 0 spiro atoms. The van der Waals surface area contributed by atoms with Gasteiger partial charge >= 0.3 is 5.76 Å². The van der Waals surface area contributed by atoms with Crippen LogP contribution in [0.5, 0.6) is 0 Å². The van der Waals surface area contributed by atoms with Crippen molar-refractivity contribution >= 4 is 17.0 Å². The lowest BCUT2D eigenvalue weighted by Gasteiger charge is -2.15. The normalized spacial score (nSPS) is 12.8. The van der Waals surface area contributed by atoms with E-state index in [0.717, 1.165) is 5.56 Å². The molecule has 0 radical (unpaired) electrons. The van der Waals surface area contributed by atoms with Gasteiger partial charge in [-0.1, -0.05) is 6.07 Å². The summed E-state index contributed by atoms with van der Waals surface area (Å²) < 4.78 is 4.90. The van der Waals surface area contributed by atoms with Crippen LogP contribution in [0.2, 0.25) is 0 Å². The molecule has 1 unspecified atom stereocenters. The fourth-order valence-corrected chi connectivity index (χ4v) is 1.81. The number of hydrogen-bond donors (Lipinski definition) is 3. The van der Waals surface area contributed by atoms with Crippen LogP contribution in [0.25, 0.3) is 11.1 Å². The fourth-order valence-electron chi connectivity index (χ4n) is 1.81. The number of H-pyrrole nitrogens is 1. The first-order chi connectivity index (χ1) is 8.95. The maximum Gasteiger partial charge on any atom is 0.417 e. The Bertz CT molecular complexity index is 644. The number of amides is 1. The molecule has 1 heterocycles. The van der Waals surface area contributed by atoms with Crippen LogP contribution in [0.3, 0.4) is 0 Å². The van der Waals surface area contributed by atoms with Crippen LogP contribution >= 0.6 is 0 Å². The number of carbonyl (C=O) groups is 1. The first-order valence-corrected chi connectivity index (χ1v) is 5.81. The van der Waals surface area contributed by atoms with Crippen molar-refractivity contribution in [3.63, 3.8) is 0 Å². The number of oxazole rings is 1. The largest absolute Gasteiger partial charge is 0.417 e. The Morgan fingerprint density at radius 1 is 1.53 bits per heavy atom. The summed E-state index contributed by atoms with van der Waals surface area (Å²) in [5.74, 6) is -0.677. The average molecular weight is 264 g/mol. The van der Waals surface area contributed by atoms with Crippen molar-refractivity contribution in [2.75, 3.05) is 14.1 Å². The number of nitrogens with zero attached hydrogens (tertiary/aromatic N) is 1. The molecule has 0 aliphatic rings. The van der Waals surface area contributed by atoms with E-state index in [1.807, 2.05) is 0 Å². The molecule has 2 rings (SSSR count). The molecule has 1 aromatic heterocycles. The summed E-state index contributed by atoms with van der Waals surface area (Å²) in [6, 6.07) is 4.68. The molecule has 0 saturated heterocycles. The maximum atomic E-state index is 11.6. The highest BCUT2D eigenvalue weighted by atomic mass is 16.4. The van der Waals surface area contributed by atoms with E-state index in [1.165, 1.54) is 0 Å². The molecule has 1 atom stereocenters. The molecule has 0 fully saturated rings. The Morgan fingerprint density at radius 3 is 2.95 bits per heavy atom. The molecular formula is C12H16N4O3. The van der Waals surface area contributed by atoms with Crippen molar-refractivity contribution in [2.24, 2.45) is 5.73 Å². The molecule has 7 nitrogen and oxygen atoms in total. The van der Waals surface area contributed by atoms with Gasteiger partial charge in [-0.25, -0.2) is 9.80 Å². The van der Waals surface area contributed by atoms with E-state index >= 15 is 0 Å². The van der Waals surface area contributed by atoms with Gasteiger partial charge in [0, 0.05) is 26.6 Å². The van der Waals surface area contributed by atoms with E-state index in [4.69, 9.17) is 10.2 Å². The van der Waals surface area contributed by atoms with E-state index in [0.29, 0.717) is 11.1 Å². The highest BCUT2D eigenvalue weighted by molar-refractivity contribution is 5.77. The van der Waals surface area contributed by atoms with Crippen molar-refractivity contribution in [3.8, 4) is 0 Å². The quantitative estimate of drug-likeness (QED) is 0.679. The molecule has 4 N–H and O–H groups in total. The van der Waals surface area contributed by atoms with E-state index in [2.05, 4.69) is 10.4 Å². The molecule has 102 valence electrons. The zero-order valence-electron chi connectivity index (χ0n) is 10.8. The van der Waals surface area contributed by atoms with Crippen molar-refractivity contribution in [1.29, 1.82) is 0 Å². The number of hydrogen-bond acceptors (Lipinski definition) is 5. The van der Waals surface area contributed by atoms with Crippen LogP contribution in [0.1, 0.15) is 18.0 Å². The zero-order valence-corrected chi connectivity index (χ0v) is 10.8. The van der Waals surface area contributed by atoms with Gasteiger partial charge in [0.05, 0.1) is 5.52 Å². The van der Waals surface area contributed by atoms with Gasteiger partial charge in [-0.05, 0) is 17.7 Å². The van der Waals surface area contributed by atoms with Crippen molar-refractivity contribution in [1.82, 2.24) is 15.4 Å². The topological polar surface area (TPSA) is 104 Å². The zero-order chi connectivity index (χ0) is 14.0. The SMILES string of the molecule is CN(C)NC(=O)CC(N)c1ccc2oc(=O)[nH]c2c1. The molecule has 0 saturated carbocycles. The summed E-state index contributed by atoms with van der Waals surface area (Å²) >= 11 is 0. The van der Waals surface area contributed by atoms with Crippen molar-refractivity contribution < 1.29 is 9.21 Å². The Balaban J connectivity index is 2.14. The number of aromatic amines is 1. The smallest absolute Gasteiger partial charge is 0.408 e. The summed E-state index contributed by atoms with van der Waals surface area (Å²) in [7, 11) is 3.46. The Labute approximate surface area is 109 Å². The molecular weight excluding hydrogens is 248 g/mol. The molecule has 0 aliphatic heterocycles. The van der Waals surface area contributed by atoms with Crippen LogP contribution in [0, 0.1) is 0 Å². The number of hydrazine groups is 1. The van der Waals surface area contributed by atoms with Crippen molar-refractivity contribution in [2.45, 2.75) is 12.5 Å². The van der Waals surface area contributed by atoms with Gasteiger partial charge in [0.1, 0.15) is 0 Å². The van der Waals surface area contributed by atoms with Crippen molar-refractivity contribution in [3.05, 3.63) is 34.3 Å². The third kappa shape index (κ3) is 3.21. The van der Waals surface area contributed by atoms with Crippen LogP contribution in [-0.4, -0.2) is 30.0 Å². The van der Waals surface area contributed by atoms with Gasteiger partial charge in [-0.3, -0.25) is 15.2 Å². The van der Waals surface area contributed by atoms with Gasteiger partial charge in [0.2, 0.25) is 5.91 Å². The number of rotatable bonds is 4. The third-order valence-corrected chi connectivity index (χ3v) is 2.62. The van der Waals surface area contributed by atoms with Gasteiger partial charge in [-0.15, -0.1) is 0 Å². The Morgan fingerprint density at radius 2 is 2.26 bits per heavy atom. The number of aromatic nitrogens is 1. The molecule has 1 aromatic carbocycles. The predicted octanol–water partition coefficient (Wildman–Crippen LogP) is 0.104. The van der Waals surface area contributed by atoms with E-state index in [1.54, 1.807) is 37.3 Å². The summed E-state index contributed by atoms with van der Waals surface area (Å²) in [6.45, 7) is 0. The van der Waals surface area contributed by atoms with Crippen LogP contribution < -0.4 is 16.9 Å². The molecule has 19 heavy (non-hydrogen) atoms. The van der Waals surface area contributed by atoms with Crippen LogP contribution in [0.15, 0.2) is 27.4 Å². The molecule has 0 aliphatic carbocycles. The van der Waals surface area contributed by atoms with E-state index in [9.17, 15) is 9.59 Å². The summed E-state index contributed by atoms with van der Waals surface area (Å²) in [5, 5.41) is 1.56. The highest BCUT2D eigenvalue weighted by Gasteiger charge is 2.13. The predicted molar refractivity (Wildman–Crippen MR) is 70.2 cm³/mol. The summed E-state index contributed by atoms with van der Waals surface area (Å²) in [6.07, 6.45) is 0.159. The highest BCUT2D eigenvalue weighted by Crippen LogP contribution is 2.19. The van der Waals surface area contributed by atoms with Crippen LogP contribution in [-0.2, 0) is 4.79 Å². The molecule has 7 heteroatoms. The standard InChI is InChI=1S/C12H16N4O3/c1-16(2)15-11(17)6-8(13)7-3-4-10-9(5-7)14-12(18)19-10/h3-5,8H,6,13H2,1-2H3,(H,14,18)(H,15,17). The lowest BCUT2D eigenvalue weighted by Crippen LogP contribution is -2.37. The second kappa shape index (κ2) is 5.25. The maximum absolute atomic E-state index is 11.6. The van der Waals surface area contributed by atoms with Gasteiger partial charge < -0.3 is 10.2 Å². The monoisotopic (exact) mass is 264 g/mol. The Hall–Kier alpha value is -2.12. The number of nitrogens with one attached hydrogen (secondary N) is 2. The molecule has 0 bridgehead atoms. The van der Waals surface area contributed by atoms with Gasteiger partial charge in [0.15, 0.2) is 5.58 Å². The first-order valence-electron chi connectivity index (χ1n) is 5.81. The van der Waals surface area contributed by atoms with Crippen LogP contribution in [0.4, 0.5) is 0 Å². The summed E-state index contributed by atoms with van der Waals surface area (Å²) in [5.41, 5.74) is 10.4. The number of nitrogens with two attached hydrogens (primary N) is 1. The van der Waals surface area contributed by atoms with E-state index in [-0.39, 0.29) is 12.3 Å². The molecule has 1 amide bonds. The second-order valence-corrected chi connectivity index (χ2v) is 4.51. The minimum absolute atomic E-state index is 0.159. The minimum atomic E-state index is -0.508. The number of fused-ring (bicyclic) bond motifs is 1.